The summed E-state index contributed by atoms with van der Waals surface area (Å²) in [6.45, 7) is 8.30. The Labute approximate surface area is 183 Å². The van der Waals surface area contributed by atoms with Crippen LogP contribution in [0.4, 0.5) is 0 Å². The molecule has 30 heavy (non-hydrogen) atoms. The second-order valence-corrected chi connectivity index (χ2v) is 9.35. The monoisotopic (exact) mass is 441 g/mol. The van der Waals surface area contributed by atoms with Crippen LogP contribution in [0.1, 0.15) is 6.92 Å². The lowest BCUT2D eigenvalue weighted by atomic mass is 10.2. The third-order valence-electron chi connectivity index (χ3n) is 4.92. The number of morpholine rings is 1. The first-order chi connectivity index (χ1) is 14.6. The number of thiophene rings is 1. The minimum Gasteiger partial charge on any atom is -0.378 e. The number of carbonyl (C=O) groups is 1. The first kappa shape index (κ1) is 20.8. The van der Waals surface area contributed by atoms with Gasteiger partial charge in [-0.1, -0.05) is 48.2 Å². The van der Waals surface area contributed by atoms with Crippen LogP contribution < -0.4 is 5.56 Å². The SMILES string of the molecule is C=CCn1c(SC(C)C(=O)N2CCOCC2)nc2cc(-c3ccccc3)sc2c1=O. The Hall–Kier alpha value is -2.42. The molecule has 0 bridgehead atoms. The van der Waals surface area contributed by atoms with Crippen molar-refractivity contribution in [3.05, 3.63) is 59.4 Å². The highest BCUT2D eigenvalue weighted by Gasteiger charge is 2.25. The molecule has 3 aromatic rings. The zero-order valence-corrected chi connectivity index (χ0v) is 18.4. The molecule has 1 aliphatic rings. The number of benzene rings is 1. The molecular weight excluding hydrogens is 418 g/mol. The number of ether oxygens (including phenoxy) is 1. The van der Waals surface area contributed by atoms with E-state index in [9.17, 15) is 9.59 Å². The lowest BCUT2D eigenvalue weighted by molar-refractivity contribution is -0.134. The molecule has 1 fully saturated rings. The van der Waals surface area contributed by atoms with E-state index in [4.69, 9.17) is 9.72 Å². The van der Waals surface area contributed by atoms with E-state index >= 15 is 0 Å². The van der Waals surface area contributed by atoms with Crippen LogP contribution >= 0.6 is 23.1 Å². The minimum absolute atomic E-state index is 0.0399. The summed E-state index contributed by atoms with van der Waals surface area (Å²) >= 11 is 2.77. The normalized spacial score (nSPS) is 15.3. The molecule has 4 rings (SSSR count). The standard InChI is InChI=1S/C22H23N3O3S2/c1-3-9-25-21(27)19-17(14-18(30-19)16-7-5-4-6-8-16)23-22(25)29-15(2)20(26)24-10-12-28-13-11-24/h3-8,14-15H,1,9-13H2,2H3. The van der Waals surface area contributed by atoms with Crippen LogP contribution in [0.3, 0.4) is 0 Å². The highest BCUT2D eigenvalue weighted by Crippen LogP contribution is 2.32. The minimum atomic E-state index is -0.351. The summed E-state index contributed by atoms with van der Waals surface area (Å²) in [6, 6.07) is 11.9. The maximum absolute atomic E-state index is 13.2. The third kappa shape index (κ3) is 4.21. The van der Waals surface area contributed by atoms with Crippen LogP contribution in [0, 0.1) is 0 Å². The van der Waals surface area contributed by atoms with Crippen LogP contribution in [-0.2, 0) is 16.1 Å². The van der Waals surface area contributed by atoms with Gasteiger partial charge < -0.3 is 9.64 Å². The Bertz CT molecular complexity index is 1120. The van der Waals surface area contributed by atoms with Crippen molar-refractivity contribution in [1.82, 2.24) is 14.5 Å². The number of aromatic nitrogens is 2. The Balaban J connectivity index is 1.69. The summed E-state index contributed by atoms with van der Waals surface area (Å²) in [7, 11) is 0. The summed E-state index contributed by atoms with van der Waals surface area (Å²) in [4.78, 5) is 33.6. The zero-order valence-electron chi connectivity index (χ0n) is 16.7. The van der Waals surface area contributed by atoms with E-state index in [0.29, 0.717) is 48.2 Å². The van der Waals surface area contributed by atoms with Gasteiger partial charge in [-0.3, -0.25) is 14.2 Å². The van der Waals surface area contributed by atoms with Gasteiger partial charge in [-0.2, -0.15) is 0 Å². The van der Waals surface area contributed by atoms with Gasteiger partial charge >= 0.3 is 0 Å². The number of amides is 1. The first-order valence-corrected chi connectivity index (χ1v) is 11.5. The van der Waals surface area contributed by atoms with Crippen molar-refractivity contribution < 1.29 is 9.53 Å². The van der Waals surface area contributed by atoms with Crippen LogP contribution in [0.2, 0.25) is 0 Å². The van der Waals surface area contributed by atoms with E-state index in [1.165, 1.54) is 23.1 Å². The summed E-state index contributed by atoms with van der Waals surface area (Å²) < 4.78 is 7.56. The molecule has 1 aromatic carbocycles. The van der Waals surface area contributed by atoms with Gasteiger partial charge in [-0.15, -0.1) is 17.9 Å². The van der Waals surface area contributed by atoms with Crippen molar-refractivity contribution in [2.75, 3.05) is 26.3 Å². The van der Waals surface area contributed by atoms with Crippen LogP contribution in [0.5, 0.6) is 0 Å². The number of fused-ring (bicyclic) bond motifs is 1. The summed E-state index contributed by atoms with van der Waals surface area (Å²) in [5.41, 5.74) is 1.62. The van der Waals surface area contributed by atoms with E-state index in [2.05, 4.69) is 6.58 Å². The van der Waals surface area contributed by atoms with Gasteiger partial charge in [-0.05, 0) is 18.6 Å². The molecule has 0 radical (unpaired) electrons. The molecular formula is C22H23N3O3S2. The number of hydrogen-bond acceptors (Lipinski definition) is 6. The molecule has 6 nitrogen and oxygen atoms in total. The first-order valence-electron chi connectivity index (χ1n) is 9.82. The number of carbonyl (C=O) groups excluding carboxylic acids is 1. The van der Waals surface area contributed by atoms with Crippen molar-refractivity contribution in [2.24, 2.45) is 0 Å². The zero-order chi connectivity index (χ0) is 21.1. The molecule has 156 valence electrons. The van der Waals surface area contributed by atoms with Crippen molar-refractivity contribution in [2.45, 2.75) is 23.9 Å². The molecule has 1 atom stereocenters. The average Bonchev–Trinajstić information content (AvgIpc) is 3.21. The number of thioether (sulfide) groups is 1. The molecule has 0 N–H and O–H groups in total. The van der Waals surface area contributed by atoms with Gasteiger partial charge in [-0.25, -0.2) is 4.98 Å². The lowest BCUT2D eigenvalue weighted by Crippen LogP contribution is -2.44. The summed E-state index contributed by atoms with van der Waals surface area (Å²) in [6.07, 6.45) is 1.68. The van der Waals surface area contributed by atoms with Gasteiger partial charge in [0.05, 0.1) is 24.0 Å². The molecule has 1 unspecified atom stereocenters. The molecule has 1 aliphatic heterocycles. The van der Waals surface area contributed by atoms with Crippen molar-refractivity contribution in [3.63, 3.8) is 0 Å². The van der Waals surface area contributed by atoms with Crippen molar-refractivity contribution in [3.8, 4) is 10.4 Å². The van der Waals surface area contributed by atoms with E-state index in [0.717, 1.165) is 10.4 Å². The van der Waals surface area contributed by atoms with E-state index in [1.54, 1.807) is 10.6 Å². The number of hydrogen-bond donors (Lipinski definition) is 0. The van der Waals surface area contributed by atoms with Crippen molar-refractivity contribution in [1.29, 1.82) is 0 Å². The molecule has 1 amide bonds. The fraction of sp³-hybridized carbons (Fsp3) is 0.318. The maximum atomic E-state index is 13.2. The third-order valence-corrected chi connectivity index (χ3v) is 7.16. The molecule has 3 heterocycles. The summed E-state index contributed by atoms with van der Waals surface area (Å²) in [5, 5.41) is 0.190. The Morgan fingerprint density at radius 2 is 2.07 bits per heavy atom. The van der Waals surface area contributed by atoms with Gasteiger partial charge in [0.15, 0.2) is 5.16 Å². The van der Waals surface area contributed by atoms with Gasteiger partial charge in [0.2, 0.25) is 5.91 Å². The quantitative estimate of drug-likeness (QED) is 0.332. The maximum Gasteiger partial charge on any atom is 0.272 e. The Kier molecular flexibility index (Phi) is 6.36. The second-order valence-electron chi connectivity index (χ2n) is 6.99. The number of allylic oxidation sites excluding steroid dienone is 1. The predicted octanol–water partition coefficient (Wildman–Crippen LogP) is 3.65. The highest BCUT2D eigenvalue weighted by molar-refractivity contribution is 8.00. The molecule has 8 heteroatoms. The Morgan fingerprint density at radius 3 is 2.77 bits per heavy atom. The Morgan fingerprint density at radius 1 is 1.33 bits per heavy atom. The van der Waals surface area contributed by atoms with Crippen LogP contribution in [0.25, 0.3) is 20.7 Å². The molecule has 1 saturated heterocycles. The van der Waals surface area contributed by atoms with Gasteiger partial charge in [0.1, 0.15) is 4.70 Å². The largest absolute Gasteiger partial charge is 0.378 e. The number of rotatable bonds is 6. The smallest absolute Gasteiger partial charge is 0.272 e. The van der Waals surface area contributed by atoms with Crippen LogP contribution in [0.15, 0.2) is 59.0 Å². The highest BCUT2D eigenvalue weighted by atomic mass is 32.2. The summed E-state index contributed by atoms with van der Waals surface area (Å²) in [5.74, 6) is 0.0399. The van der Waals surface area contributed by atoms with E-state index < -0.39 is 0 Å². The van der Waals surface area contributed by atoms with E-state index in [-0.39, 0.29) is 16.7 Å². The second kappa shape index (κ2) is 9.16. The topological polar surface area (TPSA) is 64.4 Å². The fourth-order valence-corrected chi connectivity index (χ4v) is 5.42. The van der Waals surface area contributed by atoms with Gasteiger partial charge in [0.25, 0.3) is 5.56 Å². The fourth-order valence-electron chi connectivity index (χ4n) is 3.36. The van der Waals surface area contributed by atoms with Crippen molar-refractivity contribution >= 4 is 39.2 Å². The predicted molar refractivity (Wildman–Crippen MR) is 122 cm³/mol. The molecule has 0 aliphatic carbocycles. The van der Waals surface area contributed by atoms with E-state index in [1.807, 2.05) is 48.2 Å². The number of nitrogens with zero attached hydrogens (tertiary/aromatic N) is 3. The lowest BCUT2D eigenvalue weighted by Gasteiger charge is -2.29. The van der Waals surface area contributed by atoms with Crippen LogP contribution in [-0.4, -0.2) is 51.9 Å². The average molecular weight is 442 g/mol. The molecule has 2 aromatic heterocycles. The molecule has 0 spiro atoms. The molecule has 0 saturated carbocycles. The van der Waals surface area contributed by atoms with Gasteiger partial charge in [0, 0.05) is 24.5 Å².